The van der Waals surface area contributed by atoms with Gasteiger partial charge in [0, 0.05) is 5.54 Å². The number of hydrogen-bond acceptors (Lipinski definition) is 3. The van der Waals surface area contributed by atoms with E-state index in [1.807, 2.05) is 20.8 Å². The quantitative estimate of drug-likeness (QED) is 0.831. The van der Waals surface area contributed by atoms with Crippen LogP contribution in [-0.4, -0.2) is 15.7 Å². The molecule has 0 fully saturated rings. The number of hydrogen-bond donors (Lipinski definition) is 1. The summed E-state index contributed by atoms with van der Waals surface area (Å²) in [6, 6.07) is 0. The summed E-state index contributed by atoms with van der Waals surface area (Å²) in [6.07, 6.45) is 0. The van der Waals surface area contributed by atoms with Crippen LogP contribution in [0, 0.1) is 0 Å². The first-order valence-corrected chi connectivity index (χ1v) is 5.10. The summed E-state index contributed by atoms with van der Waals surface area (Å²) < 4.78 is 0. The van der Waals surface area contributed by atoms with E-state index in [0.717, 1.165) is 0 Å². The lowest BCUT2D eigenvalue weighted by molar-refractivity contribution is 0.633. The Morgan fingerprint density at radius 2 is 1.50 bits per heavy atom. The van der Waals surface area contributed by atoms with Gasteiger partial charge < -0.3 is 5.32 Å². The highest BCUT2D eigenvalue weighted by molar-refractivity contribution is 6.44. The van der Waals surface area contributed by atoms with Crippen LogP contribution in [0.15, 0.2) is 0 Å². The maximum Gasteiger partial charge on any atom is 0.176 e. The molecule has 3 nitrogen and oxygen atoms in total. The molecule has 0 radical (unpaired) electrons. The van der Waals surface area contributed by atoms with Crippen molar-refractivity contribution in [2.75, 3.05) is 5.32 Å². The van der Waals surface area contributed by atoms with Crippen LogP contribution in [-0.2, 0) is 0 Å². The molecular formula is C8H10Cl3N3. The molecule has 0 saturated carbocycles. The fourth-order valence-corrected chi connectivity index (χ4v) is 1.39. The second-order valence-electron chi connectivity index (χ2n) is 3.85. The highest BCUT2D eigenvalue weighted by Gasteiger charge is 2.17. The van der Waals surface area contributed by atoms with E-state index in [4.69, 9.17) is 34.8 Å². The number of rotatable bonds is 1. The first-order chi connectivity index (χ1) is 6.31. The lowest BCUT2D eigenvalue weighted by atomic mass is 10.1. The maximum absolute atomic E-state index is 5.92. The van der Waals surface area contributed by atoms with Gasteiger partial charge in [-0.05, 0) is 20.8 Å². The predicted octanol–water partition coefficient (Wildman–Crippen LogP) is 3.65. The summed E-state index contributed by atoms with van der Waals surface area (Å²) in [6.45, 7) is 5.94. The summed E-state index contributed by atoms with van der Waals surface area (Å²) >= 11 is 17.5. The van der Waals surface area contributed by atoms with Crippen LogP contribution in [0.2, 0.25) is 15.3 Å². The topological polar surface area (TPSA) is 37.8 Å². The average molecular weight is 255 g/mol. The van der Waals surface area contributed by atoms with Crippen molar-refractivity contribution in [3.63, 3.8) is 0 Å². The van der Waals surface area contributed by atoms with Gasteiger partial charge >= 0.3 is 0 Å². The Morgan fingerprint density at radius 3 is 2.00 bits per heavy atom. The standard InChI is InChI=1S/C8H10Cl3N3/c1-8(2,3)12-5-4(9)6(10)13-14-7(5)11/h1-3H3,(H,12,13). The van der Waals surface area contributed by atoms with E-state index in [9.17, 15) is 0 Å². The molecule has 0 unspecified atom stereocenters. The number of nitrogens with zero attached hydrogens (tertiary/aromatic N) is 2. The van der Waals surface area contributed by atoms with Crippen molar-refractivity contribution in [1.29, 1.82) is 0 Å². The van der Waals surface area contributed by atoms with Gasteiger partial charge in [-0.2, -0.15) is 0 Å². The zero-order chi connectivity index (χ0) is 10.9. The minimum Gasteiger partial charge on any atom is -0.377 e. The molecule has 1 aromatic rings. The van der Waals surface area contributed by atoms with Crippen LogP contribution < -0.4 is 5.32 Å². The van der Waals surface area contributed by atoms with Gasteiger partial charge in [0.05, 0.1) is 5.69 Å². The molecule has 0 spiro atoms. The number of halogens is 3. The summed E-state index contributed by atoms with van der Waals surface area (Å²) in [5.41, 5.74) is 0.348. The van der Waals surface area contributed by atoms with Gasteiger partial charge in [-0.25, -0.2) is 0 Å². The molecule has 0 aromatic carbocycles. The zero-order valence-corrected chi connectivity index (χ0v) is 10.3. The number of aromatic nitrogens is 2. The van der Waals surface area contributed by atoms with Crippen LogP contribution in [0.5, 0.6) is 0 Å². The minimum atomic E-state index is -0.167. The van der Waals surface area contributed by atoms with Crippen LogP contribution in [0.4, 0.5) is 5.69 Å². The van der Waals surface area contributed by atoms with Gasteiger partial charge in [-0.15, -0.1) is 10.2 Å². The Labute approximate surface area is 97.8 Å². The molecule has 1 heterocycles. The van der Waals surface area contributed by atoms with Crippen molar-refractivity contribution in [1.82, 2.24) is 10.2 Å². The largest absolute Gasteiger partial charge is 0.377 e. The Morgan fingerprint density at radius 1 is 1.00 bits per heavy atom. The first kappa shape index (κ1) is 11.8. The van der Waals surface area contributed by atoms with E-state index in [1.165, 1.54) is 0 Å². The van der Waals surface area contributed by atoms with Crippen molar-refractivity contribution in [3.8, 4) is 0 Å². The highest BCUT2D eigenvalue weighted by atomic mass is 35.5. The van der Waals surface area contributed by atoms with Crippen molar-refractivity contribution in [2.45, 2.75) is 26.3 Å². The zero-order valence-electron chi connectivity index (χ0n) is 8.03. The molecule has 0 aliphatic carbocycles. The lowest BCUT2D eigenvalue weighted by Crippen LogP contribution is -2.26. The second-order valence-corrected chi connectivity index (χ2v) is 4.94. The smallest absolute Gasteiger partial charge is 0.176 e. The SMILES string of the molecule is CC(C)(C)Nc1c(Cl)nnc(Cl)c1Cl. The van der Waals surface area contributed by atoms with E-state index in [2.05, 4.69) is 15.5 Å². The third-order valence-electron chi connectivity index (χ3n) is 1.33. The molecule has 0 amide bonds. The third-order valence-corrected chi connectivity index (χ3v) is 2.33. The Balaban J connectivity index is 3.13. The molecule has 1 aromatic heterocycles. The monoisotopic (exact) mass is 253 g/mol. The Bertz CT molecular complexity index is 346. The van der Waals surface area contributed by atoms with E-state index in [-0.39, 0.29) is 15.8 Å². The minimum absolute atomic E-state index is 0.141. The van der Waals surface area contributed by atoms with Gasteiger partial charge in [-0.1, -0.05) is 34.8 Å². The highest BCUT2D eigenvalue weighted by Crippen LogP contribution is 2.34. The predicted molar refractivity (Wildman–Crippen MR) is 60.4 cm³/mol. The molecule has 78 valence electrons. The molecule has 1 N–H and O–H groups in total. The van der Waals surface area contributed by atoms with Crippen molar-refractivity contribution < 1.29 is 0 Å². The second kappa shape index (κ2) is 4.09. The summed E-state index contributed by atoms with van der Waals surface area (Å²) in [7, 11) is 0. The van der Waals surface area contributed by atoms with E-state index in [0.29, 0.717) is 10.7 Å². The van der Waals surface area contributed by atoms with Gasteiger partial charge in [0.15, 0.2) is 10.3 Å². The number of nitrogens with one attached hydrogen (secondary N) is 1. The number of anilines is 1. The molecule has 0 saturated heterocycles. The summed E-state index contributed by atoms with van der Waals surface area (Å²) in [5.74, 6) is 0. The van der Waals surface area contributed by atoms with Crippen LogP contribution in [0.1, 0.15) is 20.8 Å². The summed E-state index contributed by atoms with van der Waals surface area (Å²) in [4.78, 5) is 0. The van der Waals surface area contributed by atoms with E-state index in [1.54, 1.807) is 0 Å². The third kappa shape index (κ3) is 2.87. The van der Waals surface area contributed by atoms with Crippen molar-refractivity contribution >= 4 is 40.5 Å². The molecule has 0 bridgehead atoms. The van der Waals surface area contributed by atoms with Gasteiger partial charge in [-0.3, -0.25) is 0 Å². The first-order valence-electron chi connectivity index (χ1n) is 3.96. The van der Waals surface area contributed by atoms with Gasteiger partial charge in [0.25, 0.3) is 0 Å². The Kier molecular flexibility index (Phi) is 3.45. The fraction of sp³-hybridized carbons (Fsp3) is 0.500. The Hall–Kier alpha value is -0.250. The normalized spacial score (nSPS) is 11.6. The lowest BCUT2D eigenvalue weighted by Gasteiger charge is -2.23. The molecule has 0 aliphatic rings. The van der Waals surface area contributed by atoms with Crippen LogP contribution in [0.25, 0.3) is 0 Å². The maximum atomic E-state index is 5.92. The average Bonchev–Trinajstić information content (AvgIpc) is 2.04. The molecule has 0 atom stereocenters. The molecule has 1 rings (SSSR count). The molecule has 14 heavy (non-hydrogen) atoms. The van der Waals surface area contributed by atoms with Crippen molar-refractivity contribution in [2.24, 2.45) is 0 Å². The van der Waals surface area contributed by atoms with Gasteiger partial charge in [0.1, 0.15) is 5.02 Å². The van der Waals surface area contributed by atoms with Crippen LogP contribution in [0.3, 0.4) is 0 Å². The van der Waals surface area contributed by atoms with E-state index < -0.39 is 0 Å². The fourth-order valence-electron chi connectivity index (χ4n) is 0.857. The van der Waals surface area contributed by atoms with Gasteiger partial charge in [0.2, 0.25) is 0 Å². The van der Waals surface area contributed by atoms with E-state index >= 15 is 0 Å². The summed E-state index contributed by atoms with van der Waals surface area (Å²) in [5, 5.41) is 11.0. The van der Waals surface area contributed by atoms with Crippen molar-refractivity contribution in [3.05, 3.63) is 15.3 Å². The molecule has 0 aliphatic heterocycles. The molecule has 6 heteroatoms. The molecular weight excluding hydrogens is 244 g/mol. The van der Waals surface area contributed by atoms with Crippen LogP contribution >= 0.6 is 34.8 Å².